The molecule has 0 fully saturated rings. The van der Waals surface area contributed by atoms with Crippen molar-refractivity contribution in [1.29, 1.82) is 0 Å². The van der Waals surface area contributed by atoms with Gasteiger partial charge in [-0.2, -0.15) is 0 Å². The largest absolute Gasteiger partial charge is 0.398 e. The van der Waals surface area contributed by atoms with E-state index in [2.05, 4.69) is 5.32 Å². The molecule has 5 heteroatoms. The number of benzene rings is 2. The molecule has 110 valence electrons. The highest BCUT2D eigenvalue weighted by atomic mass is 19.1. The molecular formula is C16H18FN3O. The minimum absolute atomic E-state index is 0.157. The van der Waals surface area contributed by atoms with Crippen molar-refractivity contribution in [2.24, 2.45) is 0 Å². The third kappa shape index (κ3) is 3.72. The van der Waals surface area contributed by atoms with Gasteiger partial charge in [-0.05, 0) is 48.9 Å². The van der Waals surface area contributed by atoms with Gasteiger partial charge in [0.25, 0.3) is 0 Å². The molecule has 0 aliphatic heterocycles. The molecule has 0 aliphatic carbocycles. The first kappa shape index (κ1) is 14.8. The van der Waals surface area contributed by atoms with E-state index < -0.39 is 0 Å². The number of nitrogens with two attached hydrogens (primary N) is 1. The summed E-state index contributed by atoms with van der Waals surface area (Å²) in [6.45, 7) is 2.02. The van der Waals surface area contributed by atoms with Crippen molar-refractivity contribution >= 4 is 23.0 Å². The average molecular weight is 287 g/mol. The van der Waals surface area contributed by atoms with Crippen LogP contribution in [0.1, 0.15) is 5.56 Å². The summed E-state index contributed by atoms with van der Waals surface area (Å²) in [5, 5.41) is 2.83. The molecule has 0 radical (unpaired) electrons. The fourth-order valence-corrected chi connectivity index (χ4v) is 1.98. The van der Waals surface area contributed by atoms with Crippen LogP contribution in [0.25, 0.3) is 0 Å². The monoisotopic (exact) mass is 287 g/mol. The molecule has 0 unspecified atom stereocenters. The van der Waals surface area contributed by atoms with E-state index in [1.165, 1.54) is 12.1 Å². The molecule has 0 saturated carbocycles. The van der Waals surface area contributed by atoms with Crippen LogP contribution in [0.3, 0.4) is 0 Å². The first-order chi connectivity index (χ1) is 9.97. The molecule has 4 nitrogen and oxygen atoms in total. The number of nitrogens with zero attached hydrogens (tertiary/aromatic N) is 1. The van der Waals surface area contributed by atoms with Crippen molar-refractivity contribution in [2.45, 2.75) is 6.92 Å². The van der Waals surface area contributed by atoms with E-state index in [1.54, 1.807) is 36.2 Å². The third-order valence-electron chi connectivity index (χ3n) is 3.30. The molecule has 1 amide bonds. The standard InChI is InChI=1S/C16H18FN3O/c1-11-14(18)4-3-5-15(11)19-16(21)10-20(2)13-8-6-12(17)7-9-13/h3-9H,10,18H2,1-2H3,(H,19,21). The van der Waals surface area contributed by atoms with Gasteiger partial charge >= 0.3 is 0 Å². The number of anilines is 3. The Morgan fingerprint density at radius 2 is 1.90 bits per heavy atom. The Hall–Kier alpha value is -2.56. The number of rotatable bonds is 4. The first-order valence-corrected chi connectivity index (χ1v) is 6.59. The van der Waals surface area contributed by atoms with E-state index in [0.29, 0.717) is 11.4 Å². The molecule has 2 rings (SSSR count). The minimum Gasteiger partial charge on any atom is -0.398 e. The second kappa shape index (κ2) is 6.26. The normalized spacial score (nSPS) is 10.2. The average Bonchev–Trinajstić information content (AvgIpc) is 2.44. The van der Waals surface area contributed by atoms with Gasteiger partial charge in [0.2, 0.25) is 5.91 Å². The number of nitrogens with one attached hydrogen (secondary N) is 1. The summed E-state index contributed by atoms with van der Waals surface area (Å²) < 4.78 is 12.9. The zero-order chi connectivity index (χ0) is 15.4. The van der Waals surface area contributed by atoms with Crippen molar-refractivity contribution in [3.63, 3.8) is 0 Å². The number of hydrogen-bond acceptors (Lipinski definition) is 3. The predicted octanol–water partition coefficient (Wildman–Crippen LogP) is 2.79. The molecule has 0 aliphatic rings. The second-order valence-corrected chi connectivity index (χ2v) is 4.90. The van der Waals surface area contributed by atoms with Crippen LogP contribution in [0.4, 0.5) is 21.5 Å². The Morgan fingerprint density at radius 3 is 2.57 bits per heavy atom. The van der Waals surface area contributed by atoms with Crippen LogP contribution in [0.5, 0.6) is 0 Å². The Morgan fingerprint density at radius 1 is 1.24 bits per heavy atom. The fourth-order valence-electron chi connectivity index (χ4n) is 1.98. The van der Waals surface area contributed by atoms with Gasteiger partial charge in [-0.1, -0.05) is 6.07 Å². The number of nitrogen functional groups attached to an aromatic ring is 1. The van der Waals surface area contributed by atoms with Crippen LogP contribution >= 0.6 is 0 Å². The highest BCUT2D eigenvalue weighted by Gasteiger charge is 2.10. The fraction of sp³-hybridized carbons (Fsp3) is 0.188. The van der Waals surface area contributed by atoms with Crippen LogP contribution in [0.2, 0.25) is 0 Å². The van der Waals surface area contributed by atoms with Crippen molar-refractivity contribution in [3.05, 3.63) is 53.8 Å². The summed E-state index contributed by atoms with van der Waals surface area (Å²) in [5.74, 6) is -0.456. The molecule has 0 spiro atoms. The molecule has 2 aromatic carbocycles. The number of amides is 1. The van der Waals surface area contributed by atoms with Gasteiger partial charge < -0.3 is 16.0 Å². The van der Waals surface area contributed by atoms with E-state index in [0.717, 1.165) is 11.3 Å². The van der Waals surface area contributed by atoms with E-state index in [4.69, 9.17) is 5.73 Å². The van der Waals surface area contributed by atoms with Crippen molar-refractivity contribution in [3.8, 4) is 0 Å². The predicted molar refractivity (Wildman–Crippen MR) is 83.9 cm³/mol. The van der Waals surface area contributed by atoms with Gasteiger partial charge in [-0.15, -0.1) is 0 Å². The number of hydrogen-bond donors (Lipinski definition) is 2. The molecule has 0 bridgehead atoms. The third-order valence-corrected chi connectivity index (χ3v) is 3.30. The molecule has 0 heterocycles. The molecular weight excluding hydrogens is 269 g/mol. The SMILES string of the molecule is Cc1c(N)cccc1NC(=O)CN(C)c1ccc(F)cc1. The lowest BCUT2D eigenvalue weighted by Gasteiger charge is -2.19. The van der Waals surface area contributed by atoms with Gasteiger partial charge in [-0.25, -0.2) is 4.39 Å². The molecule has 0 aromatic heterocycles. The lowest BCUT2D eigenvalue weighted by atomic mass is 10.1. The first-order valence-electron chi connectivity index (χ1n) is 6.59. The summed E-state index contributed by atoms with van der Waals surface area (Å²) in [5.41, 5.74) is 8.76. The molecule has 2 aromatic rings. The van der Waals surface area contributed by atoms with Crippen LogP contribution in [0, 0.1) is 12.7 Å². The summed E-state index contributed by atoms with van der Waals surface area (Å²) in [6.07, 6.45) is 0. The zero-order valence-electron chi connectivity index (χ0n) is 12.1. The number of carbonyl (C=O) groups excluding carboxylic acids is 1. The Kier molecular flexibility index (Phi) is 4.42. The lowest BCUT2D eigenvalue weighted by molar-refractivity contribution is -0.114. The van der Waals surface area contributed by atoms with Gasteiger partial charge in [0.05, 0.1) is 6.54 Å². The summed E-state index contributed by atoms with van der Waals surface area (Å²) in [7, 11) is 1.78. The van der Waals surface area contributed by atoms with Crippen molar-refractivity contribution in [1.82, 2.24) is 0 Å². The molecule has 3 N–H and O–H groups in total. The maximum Gasteiger partial charge on any atom is 0.243 e. The van der Waals surface area contributed by atoms with Gasteiger partial charge in [0.15, 0.2) is 0 Å². The van der Waals surface area contributed by atoms with E-state index in [9.17, 15) is 9.18 Å². The maximum atomic E-state index is 12.9. The summed E-state index contributed by atoms with van der Waals surface area (Å²) in [6, 6.07) is 11.4. The zero-order valence-corrected chi connectivity index (χ0v) is 12.1. The Balaban J connectivity index is 2.01. The highest BCUT2D eigenvalue weighted by molar-refractivity contribution is 5.95. The summed E-state index contributed by atoms with van der Waals surface area (Å²) in [4.78, 5) is 13.8. The number of halogens is 1. The quantitative estimate of drug-likeness (QED) is 0.850. The number of likely N-dealkylation sites (N-methyl/N-ethyl adjacent to an activating group) is 1. The topological polar surface area (TPSA) is 58.4 Å². The Labute approximate surface area is 123 Å². The molecule has 21 heavy (non-hydrogen) atoms. The van der Waals surface area contributed by atoms with E-state index in [-0.39, 0.29) is 18.3 Å². The minimum atomic E-state index is -0.299. The van der Waals surface area contributed by atoms with Gasteiger partial charge in [0, 0.05) is 24.1 Å². The van der Waals surface area contributed by atoms with Crippen LogP contribution in [-0.4, -0.2) is 19.5 Å². The smallest absolute Gasteiger partial charge is 0.243 e. The van der Waals surface area contributed by atoms with E-state index >= 15 is 0 Å². The van der Waals surface area contributed by atoms with Crippen LogP contribution in [0.15, 0.2) is 42.5 Å². The molecule has 0 saturated heterocycles. The lowest BCUT2D eigenvalue weighted by Crippen LogP contribution is -2.30. The second-order valence-electron chi connectivity index (χ2n) is 4.90. The van der Waals surface area contributed by atoms with Crippen molar-refractivity contribution in [2.75, 3.05) is 29.5 Å². The van der Waals surface area contributed by atoms with Gasteiger partial charge in [0.1, 0.15) is 5.82 Å². The summed E-state index contributed by atoms with van der Waals surface area (Å²) >= 11 is 0. The van der Waals surface area contributed by atoms with Crippen LogP contribution in [-0.2, 0) is 4.79 Å². The highest BCUT2D eigenvalue weighted by Crippen LogP contribution is 2.20. The molecule has 0 atom stereocenters. The van der Waals surface area contributed by atoms with Gasteiger partial charge in [-0.3, -0.25) is 4.79 Å². The van der Waals surface area contributed by atoms with Crippen LogP contribution < -0.4 is 16.0 Å². The maximum absolute atomic E-state index is 12.9. The Bertz CT molecular complexity index is 640. The number of carbonyl (C=O) groups is 1. The van der Waals surface area contributed by atoms with Crippen molar-refractivity contribution < 1.29 is 9.18 Å². The van der Waals surface area contributed by atoms with E-state index in [1.807, 2.05) is 13.0 Å².